The van der Waals surface area contributed by atoms with Gasteiger partial charge in [0, 0.05) is 38.5 Å². The highest BCUT2D eigenvalue weighted by Gasteiger charge is 2.23. The molecule has 0 saturated carbocycles. The summed E-state index contributed by atoms with van der Waals surface area (Å²) in [5.74, 6) is 1.97. The highest BCUT2D eigenvalue weighted by molar-refractivity contribution is 6.22. The summed E-state index contributed by atoms with van der Waals surface area (Å²) < 4.78 is 2.39. The van der Waals surface area contributed by atoms with Crippen LogP contribution in [-0.2, 0) is 6.42 Å². The van der Waals surface area contributed by atoms with Crippen molar-refractivity contribution < 1.29 is 0 Å². The second-order valence-electron chi connectivity index (χ2n) is 13.6. The first kappa shape index (κ1) is 28.9. The molecule has 0 atom stereocenters. The van der Waals surface area contributed by atoms with Crippen molar-refractivity contribution in [2.45, 2.75) is 6.42 Å². The van der Waals surface area contributed by atoms with Crippen molar-refractivity contribution in [3.05, 3.63) is 181 Å². The third-order valence-electron chi connectivity index (χ3n) is 10.6. The van der Waals surface area contributed by atoms with E-state index in [0.717, 1.165) is 45.1 Å². The van der Waals surface area contributed by atoms with Gasteiger partial charge >= 0.3 is 0 Å². The molecule has 1 aliphatic rings. The standard InChI is InChI=1S/C48H30N4/c1-3-13-31(14-4-1)46-49-47(35-23-22-34-27-36-26-32-15-7-8-16-33(32)28-42(36)41(34)29-35)51-48(50-46)40-20-11-21-43-44(40)39-25-24-30-12-9-10-19-38(30)45(39)52(43)37-17-5-2-6-18-37/h1-26,28-29H,27H2. The lowest BCUT2D eigenvalue weighted by atomic mass is 9.99. The number of hydrogen-bond donors (Lipinski definition) is 0. The molecule has 0 saturated heterocycles. The summed E-state index contributed by atoms with van der Waals surface area (Å²) in [5.41, 5.74) is 11.5. The van der Waals surface area contributed by atoms with Crippen molar-refractivity contribution in [1.82, 2.24) is 19.5 Å². The molecule has 0 fully saturated rings. The SMILES string of the molecule is c1ccc(-c2nc(-c3ccc4c(c3)-c3cc5ccccc5cc3C4)nc(-c3cccc4c3c3ccc5ccccc5c3n4-c3ccccc3)n2)cc1. The Hall–Kier alpha value is -6.91. The molecule has 11 rings (SSSR count). The van der Waals surface area contributed by atoms with Crippen LogP contribution >= 0.6 is 0 Å². The topological polar surface area (TPSA) is 43.6 Å². The molecule has 0 N–H and O–H groups in total. The van der Waals surface area contributed by atoms with Gasteiger partial charge in [-0.1, -0.05) is 140 Å². The van der Waals surface area contributed by atoms with E-state index in [0.29, 0.717) is 17.5 Å². The van der Waals surface area contributed by atoms with Gasteiger partial charge in [-0.15, -0.1) is 0 Å². The number of para-hydroxylation sites is 1. The third-order valence-corrected chi connectivity index (χ3v) is 10.6. The maximum absolute atomic E-state index is 5.30. The summed E-state index contributed by atoms with van der Waals surface area (Å²) >= 11 is 0. The zero-order valence-electron chi connectivity index (χ0n) is 28.2. The van der Waals surface area contributed by atoms with E-state index < -0.39 is 0 Å². The third kappa shape index (κ3) is 4.44. The van der Waals surface area contributed by atoms with E-state index in [4.69, 9.17) is 15.0 Å². The Morgan fingerprint density at radius 1 is 0.404 bits per heavy atom. The molecule has 2 aromatic heterocycles. The monoisotopic (exact) mass is 662 g/mol. The minimum atomic E-state index is 0.654. The lowest BCUT2D eigenvalue weighted by molar-refractivity contribution is 1.08. The Morgan fingerprint density at radius 2 is 1.08 bits per heavy atom. The molecule has 1 aliphatic carbocycles. The maximum atomic E-state index is 5.30. The van der Waals surface area contributed by atoms with Crippen LogP contribution in [0.4, 0.5) is 0 Å². The Bertz CT molecular complexity index is 3030. The normalized spacial score (nSPS) is 12.2. The van der Waals surface area contributed by atoms with Gasteiger partial charge in [-0.25, -0.2) is 15.0 Å². The van der Waals surface area contributed by atoms with E-state index in [9.17, 15) is 0 Å². The van der Waals surface area contributed by atoms with Gasteiger partial charge in [0.05, 0.1) is 11.0 Å². The fraction of sp³-hybridized carbons (Fsp3) is 0.0208. The summed E-state index contributed by atoms with van der Waals surface area (Å²) in [6, 6.07) is 60.5. The molecule has 2 heterocycles. The quantitative estimate of drug-likeness (QED) is 0.188. The van der Waals surface area contributed by atoms with Crippen LogP contribution in [0, 0.1) is 0 Å². The second kappa shape index (κ2) is 11.3. The Labute approximate surface area is 300 Å². The van der Waals surface area contributed by atoms with Gasteiger partial charge in [0.15, 0.2) is 17.5 Å². The molecule has 10 aromatic rings. The van der Waals surface area contributed by atoms with Crippen molar-refractivity contribution in [1.29, 1.82) is 0 Å². The fourth-order valence-electron chi connectivity index (χ4n) is 8.21. The van der Waals surface area contributed by atoms with Crippen LogP contribution in [0.2, 0.25) is 0 Å². The van der Waals surface area contributed by atoms with Crippen molar-refractivity contribution >= 4 is 43.4 Å². The Morgan fingerprint density at radius 3 is 1.90 bits per heavy atom. The number of aromatic nitrogens is 4. The van der Waals surface area contributed by atoms with Crippen molar-refractivity contribution in [2.75, 3.05) is 0 Å². The van der Waals surface area contributed by atoms with Gasteiger partial charge in [0.1, 0.15) is 0 Å². The minimum Gasteiger partial charge on any atom is -0.309 e. The minimum absolute atomic E-state index is 0.654. The van der Waals surface area contributed by atoms with Crippen LogP contribution in [0.5, 0.6) is 0 Å². The van der Waals surface area contributed by atoms with Gasteiger partial charge in [-0.05, 0) is 75.2 Å². The maximum Gasteiger partial charge on any atom is 0.164 e. The lowest BCUT2D eigenvalue weighted by Gasteiger charge is -2.11. The first-order valence-corrected chi connectivity index (χ1v) is 17.7. The molecule has 0 radical (unpaired) electrons. The molecule has 8 aromatic carbocycles. The molecule has 4 nitrogen and oxygen atoms in total. The first-order valence-electron chi connectivity index (χ1n) is 17.7. The molecule has 0 bridgehead atoms. The highest BCUT2D eigenvalue weighted by atomic mass is 15.0. The molecular formula is C48H30N4. The van der Waals surface area contributed by atoms with Crippen LogP contribution in [0.25, 0.3) is 94.3 Å². The van der Waals surface area contributed by atoms with Gasteiger partial charge in [0.25, 0.3) is 0 Å². The zero-order valence-corrected chi connectivity index (χ0v) is 28.2. The molecule has 52 heavy (non-hydrogen) atoms. The number of hydrogen-bond acceptors (Lipinski definition) is 3. The highest BCUT2D eigenvalue weighted by Crippen LogP contribution is 2.43. The molecule has 0 amide bonds. The summed E-state index contributed by atoms with van der Waals surface area (Å²) in [6.07, 6.45) is 0.926. The van der Waals surface area contributed by atoms with Crippen LogP contribution in [0.1, 0.15) is 11.1 Å². The Balaban J connectivity index is 1.17. The molecular weight excluding hydrogens is 633 g/mol. The molecule has 0 unspecified atom stereocenters. The largest absolute Gasteiger partial charge is 0.309 e. The van der Waals surface area contributed by atoms with Gasteiger partial charge in [-0.3, -0.25) is 0 Å². The molecule has 242 valence electrons. The summed E-state index contributed by atoms with van der Waals surface area (Å²) in [6.45, 7) is 0. The number of fused-ring (bicyclic) bond motifs is 9. The van der Waals surface area contributed by atoms with Crippen LogP contribution in [-0.4, -0.2) is 19.5 Å². The van der Waals surface area contributed by atoms with Crippen LogP contribution in [0.15, 0.2) is 170 Å². The van der Waals surface area contributed by atoms with E-state index in [-0.39, 0.29) is 0 Å². The molecule has 0 spiro atoms. The van der Waals surface area contributed by atoms with Gasteiger partial charge in [-0.2, -0.15) is 0 Å². The van der Waals surface area contributed by atoms with E-state index in [1.54, 1.807) is 0 Å². The fourth-order valence-corrected chi connectivity index (χ4v) is 8.21. The molecule has 0 aliphatic heterocycles. The van der Waals surface area contributed by atoms with Crippen molar-refractivity contribution in [2.24, 2.45) is 0 Å². The summed E-state index contributed by atoms with van der Waals surface area (Å²) in [4.78, 5) is 15.7. The van der Waals surface area contributed by atoms with Crippen LogP contribution < -0.4 is 0 Å². The second-order valence-corrected chi connectivity index (χ2v) is 13.6. The lowest BCUT2D eigenvalue weighted by Crippen LogP contribution is -2.01. The van der Waals surface area contributed by atoms with Gasteiger partial charge < -0.3 is 4.57 Å². The number of rotatable bonds is 4. The average Bonchev–Trinajstić information content (AvgIpc) is 3.75. The zero-order chi connectivity index (χ0) is 34.2. The summed E-state index contributed by atoms with van der Waals surface area (Å²) in [5, 5.41) is 7.23. The van der Waals surface area contributed by atoms with Gasteiger partial charge in [0.2, 0.25) is 0 Å². The predicted octanol–water partition coefficient (Wildman–Crippen LogP) is 11.8. The van der Waals surface area contributed by atoms with E-state index in [1.165, 1.54) is 49.3 Å². The van der Waals surface area contributed by atoms with Crippen molar-refractivity contribution in [3.63, 3.8) is 0 Å². The van der Waals surface area contributed by atoms with E-state index in [1.807, 2.05) is 18.2 Å². The smallest absolute Gasteiger partial charge is 0.164 e. The number of nitrogens with zero attached hydrogens (tertiary/aromatic N) is 4. The Kier molecular flexibility index (Phi) is 6.28. The van der Waals surface area contributed by atoms with E-state index >= 15 is 0 Å². The first-order chi connectivity index (χ1) is 25.8. The average molecular weight is 663 g/mol. The van der Waals surface area contributed by atoms with E-state index in [2.05, 4.69) is 156 Å². The van der Waals surface area contributed by atoms with Crippen molar-refractivity contribution in [3.8, 4) is 51.0 Å². The summed E-state index contributed by atoms with van der Waals surface area (Å²) in [7, 11) is 0. The van der Waals surface area contributed by atoms with Crippen LogP contribution in [0.3, 0.4) is 0 Å². The molecule has 4 heteroatoms. The predicted molar refractivity (Wildman–Crippen MR) is 214 cm³/mol. The number of benzene rings is 8.